The molecule has 0 aliphatic heterocycles. The van der Waals surface area contributed by atoms with Gasteiger partial charge in [-0.3, -0.25) is 4.79 Å². The fourth-order valence-corrected chi connectivity index (χ4v) is 4.46. The van der Waals surface area contributed by atoms with Crippen LogP contribution in [0.3, 0.4) is 0 Å². The highest BCUT2D eigenvalue weighted by atomic mass is 16.4. The first-order chi connectivity index (χ1) is 15.7. The molecule has 5 N–H and O–H groups in total. The molecule has 0 bridgehead atoms. The molecule has 0 saturated carbocycles. The molecule has 0 radical (unpaired) electrons. The first-order valence-corrected chi connectivity index (χ1v) is 10.9. The highest BCUT2D eigenvalue weighted by Gasteiger charge is 2.35. The van der Waals surface area contributed by atoms with E-state index in [1.165, 1.54) is 0 Å². The van der Waals surface area contributed by atoms with Crippen molar-refractivity contribution in [2.75, 3.05) is 24.3 Å². The molecule has 8 nitrogen and oxygen atoms in total. The van der Waals surface area contributed by atoms with E-state index in [0.29, 0.717) is 29.2 Å². The number of primary amides is 1. The van der Waals surface area contributed by atoms with Crippen molar-refractivity contribution in [2.45, 2.75) is 25.8 Å². The van der Waals surface area contributed by atoms with Gasteiger partial charge < -0.3 is 26.0 Å². The highest BCUT2D eigenvalue weighted by molar-refractivity contribution is 6.58. The van der Waals surface area contributed by atoms with Gasteiger partial charge in [0.2, 0.25) is 5.91 Å². The molecule has 1 aliphatic rings. The Bertz CT molecular complexity index is 1180. The molecule has 1 amide bonds. The average molecular weight is 445 g/mol. The van der Waals surface area contributed by atoms with Crippen molar-refractivity contribution in [3.8, 4) is 0 Å². The third-order valence-corrected chi connectivity index (χ3v) is 6.10. The number of carbonyl (C=O) groups excluding carboxylic acids is 1. The number of rotatable bonds is 7. The summed E-state index contributed by atoms with van der Waals surface area (Å²) in [7, 11) is 2.35. The second-order valence-electron chi connectivity index (χ2n) is 8.73. The fraction of sp³-hybridized carbons (Fsp3) is 0.292. The van der Waals surface area contributed by atoms with Gasteiger partial charge in [-0.25, -0.2) is 9.97 Å². The number of fused-ring (bicyclic) bond motifs is 1. The minimum absolute atomic E-state index is 0.0485. The van der Waals surface area contributed by atoms with Crippen molar-refractivity contribution >= 4 is 30.1 Å². The smallest absolute Gasteiger partial charge is 0.423 e. The SMILES string of the molecule is CC1Cc2c(C(N)=O)cccc2C1c1nc(NCc2cccc(B(O)O)c2)cc(N(C)C)n1. The van der Waals surface area contributed by atoms with Gasteiger partial charge in [-0.1, -0.05) is 43.3 Å². The molecular formula is C24H28BN5O3. The first kappa shape index (κ1) is 22.8. The van der Waals surface area contributed by atoms with E-state index in [-0.39, 0.29) is 11.8 Å². The zero-order valence-electron chi connectivity index (χ0n) is 19.0. The number of hydrogen-bond acceptors (Lipinski definition) is 7. The van der Waals surface area contributed by atoms with Gasteiger partial charge in [0.1, 0.15) is 17.5 Å². The molecule has 0 saturated heterocycles. The highest BCUT2D eigenvalue weighted by Crippen LogP contribution is 2.42. The van der Waals surface area contributed by atoms with Crippen LogP contribution in [0.4, 0.5) is 11.6 Å². The van der Waals surface area contributed by atoms with Crippen LogP contribution in [0.2, 0.25) is 0 Å². The van der Waals surface area contributed by atoms with Crippen molar-refractivity contribution in [1.82, 2.24) is 9.97 Å². The van der Waals surface area contributed by atoms with E-state index in [9.17, 15) is 14.8 Å². The van der Waals surface area contributed by atoms with E-state index in [1.807, 2.05) is 43.3 Å². The van der Waals surface area contributed by atoms with E-state index < -0.39 is 13.0 Å². The van der Waals surface area contributed by atoms with Crippen LogP contribution in [0, 0.1) is 5.92 Å². The molecule has 4 rings (SSSR count). The van der Waals surface area contributed by atoms with Gasteiger partial charge >= 0.3 is 7.12 Å². The third kappa shape index (κ3) is 4.69. The molecule has 1 heterocycles. The number of nitrogens with zero attached hydrogens (tertiary/aromatic N) is 3. The summed E-state index contributed by atoms with van der Waals surface area (Å²) in [6.07, 6.45) is 0.744. The number of benzene rings is 2. The number of hydrogen-bond donors (Lipinski definition) is 4. The van der Waals surface area contributed by atoms with E-state index in [4.69, 9.17) is 15.7 Å². The number of amides is 1. The van der Waals surface area contributed by atoms with Crippen molar-refractivity contribution in [3.05, 3.63) is 76.6 Å². The Labute approximate surface area is 193 Å². The van der Waals surface area contributed by atoms with Crippen LogP contribution in [0.5, 0.6) is 0 Å². The largest absolute Gasteiger partial charge is 0.488 e. The number of nitrogens with one attached hydrogen (secondary N) is 1. The monoisotopic (exact) mass is 445 g/mol. The molecular weight excluding hydrogens is 417 g/mol. The van der Waals surface area contributed by atoms with Crippen LogP contribution in [0.25, 0.3) is 0 Å². The Hall–Kier alpha value is -3.43. The number of carbonyl (C=O) groups is 1. The average Bonchev–Trinajstić information content (AvgIpc) is 3.13. The Kier molecular flexibility index (Phi) is 6.35. The fourth-order valence-electron chi connectivity index (χ4n) is 4.46. The Morgan fingerprint density at radius 1 is 1.18 bits per heavy atom. The van der Waals surface area contributed by atoms with Gasteiger partial charge in [-0.2, -0.15) is 0 Å². The van der Waals surface area contributed by atoms with Crippen LogP contribution in [0.15, 0.2) is 48.5 Å². The quantitative estimate of drug-likeness (QED) is 0.404. The van der Waals surface area contributed by atoms with Gasteiger partial charge in [0.05, 0.1) is 0 Å². The molecule has 2 aromatic carbocycles. The zero-order valence-corrected chi connectivity index (χ0v) is 19.0. The van der Waals surface area contributed by atoms with Crippen LogP contribution in [0.1, 0.15) is 45.7 Å². The lowest BCUT2D eigenvalue weighted by Gasteiger charge is -2.20. The zero-order chi connectivity index (χ0) is 23.7. The second kappa shape index (κ2) is 9.21. The molecule has 1 aromatic heterocycles. The maximum atomic E-state index is 11.9. The van der Waals surface area contributed by atoms with Crippen LogP contribution >= 0.6 is 0 Å². The van der Waals surface area contributed by atoms with Gasteiger partial charge in [0.15, 0.2) is 0 Å². The predicted octanol–water partition coefficient (Wildman–Crippen LogP) is 1.26. The molecule has 9 heteroatoms. The van der Waals surface area contributed by atoms with Crippen molar-refractivity contribution in [2.24, 2.45) is 11.7 Å². The number of anilines is 2. The molecule has 0 fully saturated rings. The molecule has 2 unspecified atom stereocenters. The molecule has 33 heavy (non-hydrogen) atoms. The van der Waals surface area contributed by atoms with Gasteiger partial charge in [0, 0.05) is 38.2 Å². The predicted molar refractivity (Wildman–Crippen MR) is 130 cm³/mol. The van der Waals surface area contributed by atoms with Crippen molar-refractivity contribution in [1.29, 1.82) is 0 Å². The minimum atomic E-state index is -1.51. The minimum Gasteiger partial charge on any atom is -0.423 e. The standard InChI is InChI=1S/C24H28BN5O3/c1-14-10-19-17(8-5-9-18(19)23(26)31)22(14)24-28-20(12-21(29-24)30(2)3)27-13-15-6-4-7-16(11-15)25(32)33/h4-9,11-12,14,22,32-33H,10,13H2,1-3H3,(H2,26,31)(H,27,28,29). The molecule has 1 aliphatic carbocycles. The van der Waals surface area contributed by atoms with Gasteiger partial charge in [-0.15, -0.1) is 0 Å². The Morgan fingerprint density at radius 2 is 1.94 bits per heavy atom. The lowest BCUT2D eigenvalue weighted by molar-refractivity contribution is 0.0999. The van der Waals surface area contributed by atoms with Crippen LogP contribution in [-0.4, -0.2) is 47.1 Å². The lowest BCUT2D eigenvalue weighted by Crippen LogP contribution is -2.30. The van der Waals surface area contributed by atoms with Crippen LogP contribution in [-0.2, 0) is 13.0 Å². The third-order valence-electron chi connectivity index (χ3n) is 6.10. The number of nitrogens with two attached hydrogens (primary N) is 1. The maximum absolute atomic E-state index is 11.9. The van der Waals surface area contributed by atoms with Gasteiger partial charge in [0.25, 0.3) is 0 Å². The molecule has 170 valence electrons. The summed E-state index contributed by atoms with van der Waals surface area (Å²) >= 11 is 0. The summed E-state index contributed by atoms with van der Waals surface area (Å²) in [6, 6.07) is 14.7. The normalized spacial score (nSPS) is 16.9. The Balaban J connectivity index is 1.68. The summed E-state index contributed by atoms with van der Waals surface area (Å²) in [5.41, 5.74) is 9.54. The summed E-state index contributed by atoms with van der Waals surface area (Å²) < 4.78 is 0. The number of aromatic nitrogens is 2. The summed E-state index contributed by atoms with van der Waals surface area (Å²) in [6.45, 7) is 2.60. The molecule has 2 atom stereocenters. The van der Waals surface area contributed by atoms with E-state index >= 15 is 0 Å². The van der Waals surface area contributed by atoms with Crippen molar-refractivity contribution < 1.29 is 14.8 Å². The summed E-state index contributed by atoms with van der Waals surface area (Å²) in [5.74, 6) is 1.89. The van der Waals surface area contributed by atoms with Crippen LogP contribution < -0.4 is 21.4 Å². The Morgan fingerprint density at radius 3 is 2.64 bits per heavy atom. The second-order valence-corrected chi connectivity index (χ2v) is 8.73. The molecule has 0 spiro atoms. The topological polar surface area (TPSA) is 125 Å². The van der Waals surface area contributed by atoms with Crippen molar-refractivity contribution in [3.63, 3.8) is 0 Å². The van der Waals surface area contributed by atoms with Gasteiger partial charge in [-0.05, 0) is 40.6 Å². The van der Waals surface area contributed by atoms with E-state index in [1.54, 1.807) is 24.3 Å². The van der Waals surface area contributed by atoms with E-state index in [0.717, 1.165) is 28.9 Å². The maximum Gasteiger partial charge on any atom is 0.488 e. The summed E-state index contributed by atoms with van der Waals surface area (Å²) in [4.78, 5) is 23.5. The molecule has 3 aromatic rings. The van der Waals surface area contributed by atoms with E-state index in [2.05, 4.69) is 12.2 Å². The first-order valence-electron chi connectivity index (χ1n) is 10.9. The summed E-state index contributed by atoms with van der Waals surface area (Å²) in [5, 5.41) is 22.2. The lowest BCUT2D eigenvalue weighted by atomic mass is 9.80.